The molecule has 2 unspecified atom stereocenters. The van der Waals surface area contributed by atoms with E-state index in [0.717, 1.165) is 12.0 Å². The number of nitrogens with zero attached hydrogens (tertiary/aromatic N) is 1. The van der Waals surface area contributed by atoms with Gasteiger partial charge in [-0.1, -0.05) is 13.8 Å². The van der Waals surface area contributed by atoms with Gasteiger partial charge in [0.2, 0.25) is 0 Å². The van der Waals surface area contributed by atoms with E-state index >= 15 is 0 Å². The van der Waals surface area contributed by atoms with Crippen LogP contribution in [0.5, 0.6) is 0 Å². The SMILES string of the molecule is CC1CCc2sc(N)c(C(=O)N(C)C)c2C1C. The smallest absolute Gasteiger partial charge is 0.256 e. The van der Waals surface area contributed by atoms with Crippen molar-refractivity contribution in [2.45, 2.75) is 32.6 Å². The summed E-state index contributed by atoms with van der Waals surface area (Å²) in [7, 11) is 3.56. The zero-order valence-corrected chi connectivity index (χ0v) is 11.7. The first kappa shape index (κ1) is 12.4. The van der Waals surface area contributed by atoms with Gasteiger partial charge in [-0.05, 0) is 30.2 Å². The standard InChI is InChI=1S/C13H20N2OS/c1-7-5-6-9-10(8(7)2)11(12(14)17-9)13(16)15(3)4/h7-8H,5-6,14H2,1-4H3. The number of carbonyl (C=O) groups excluding carboxylic acids is 1. The van der Waals surface area contributed by atoms with Gasteiger partial charge in [0.15, 0.2) is 0 Å². The minimum atomic E-state index is 0.0425. The van der Waals surface area contributed by atoms with Gasteiger partial charge in [0.05, 0.1) is 10.6 Å². The summed E-state index contributed by atoms with van der Waals surface area (Å²) in [6.07, 6.45) is 2.26. The van der Waals surface area contributed by atoms with Gasteiger partial charge >= 0.3 is 0 Å². The molecule has 2 rings (SSSR count). The van der Waals surface area contributed by atoms with E-state index in [0.29, 0.717) is 16.8 Å². The lowest BCUT2D eigenvalue weighted by Crippen LogP contribution is -2.25. The van der Waals surface area contributed by atoms with Crippen LogP contribution in [0.15, 0.2) is 0 Å². The third-order valence-corrected chi connectivity index (χ3v) is 4.90. The number of rotatable bonds is 1. The highest BCUT2D eigenvalue weighted by Crippen LogP contribution is 2.44. The third kappa shape index (κ3) is 1.95. The van der Waals surface area contributed by atoms with Crippen molar-refractivity contribution >= 4 is 22.2 Å². The third-order valence-electron chi connectivity index (χ3n) is 3.80. The molecule has 0 fully saturated rings. The Hall–Kier alpha value is -1.03. The summed E-state index contributed by atoms with van der Waals surface area (Å²) in [6.45, 7) is 4.46. The molecule has 94 valence electrons. The van der Waals surface area contributed by atoms with Crippen molar-refractivity contribution in [2.75, 3.05) is 19.8 Å². The normalized spacial score (nSPS) is 23.3. The largest absolute Gasteiger partial charge is 0.390 e. The molecule has 1 aromatic rings. The molecule has 0 radical (unpaired) electrons. The van der Waals surface area contributed by atoms with Gasteiger partial charge in [-0.3, -0.25) is 4.79 Å². The number of thiophene rings is 1. The van der Waals surface area contributed by atoms with E-state index in [1.54, 1.807) is 30.3 Å². The maximum absolute atomic E-state index is 12.2. The van der Waals surface area contributed by atoms with Crippen molar-refractivity contribution in [2.24, 2.45) is 5.92 Å². The molecular formula is C13H20N2OS. The zero-order chi connectivity index (χ0) is 12.7. The van der Waals surface area contributed by atoms with Gasteiger partial charge in [0.25, 0.3) is 5.91 Å². The second-order valence-corrected chi connectivity index (χ2v) is 6.32. The topological polar surface area (TPSA) is 46.3 Å². The van der Waals surface area contributed by atoms with Crippen molar-refractivity contribution in [1.82, 2.24) is 4.90 Å². The van der Waals surface area contributed by atoms with Crippen LogP contribution in [-0.4, -0.2) is 24.9 Å². The summed E-state index contributed by atoms with van der Waals surface area (Å²) in [6, 6.07) is 0. The first-order valence-electron chi connectivity index (χ1n) is 6.06. The molecule has 0 saturated heterocycles. The molecular weight excluding hydrogens is 232 g/mol. The van der Waals surface area contributed by atoms with Gasteiger partial charge in [-0.2, -0.15) is 0 Å². The van der Waals surface area contributed by atoms with Gasteiger partial charge in [0, 0.05) is 19.0 Å². The maximum Gasteiger partial charge on any atom is 0.256 e. The van der Waals surface area contributed by atoms with Crippen LogP contribution >= 0.6 is 11.3 Å². The summed E-state index contributed by atoms with van der Waals surface area (Å²) < 4.78 is 0. The van der Waals surface area contributed by atoms with Crippen LogP contribution in [0.1, 0.15) is 47.0 Å². The van der Waals surface area contributed by atoms with Gasteiger partial charge in [-0.15, -0.1) is 11.3 Å². The van der Waals surface area contributed by atoms with E-state index < -0.39 is 0 Å². The van der Waals surface area contributed by atoms with Crippen molar-refractivity contribution in [3.63, 3.8) is 0 Å². The van der Waals surface area contributed by atoms with E-state index in [4.69, 9.17) is 5.73 Å². The van der Waals surface area contributed by atoms with Crippen LogP contribution < -0.4 is 5.73 Å². The first-order valence-corrected chi connectivity index (χ1v) is 6.87. The number of anilines is 1. The average molecular weight is 252 g/mol. The second kappa shape index (κ2) is 4.33. The number of nitrogen functional groups attached to an aromatic ring is 1. The maximum atomic E-state index is 12.2. The number of carbonyl (C=O) groups is 1. The molecule has 0 spiro atoms. The molecule has 0 aliphatic heterocycles. The predicted octanol–water partition coefficient (Wildman–Crippen LogP) is 2.72. The van der Waals surface area contributed by atoms with Gasteiger partial charge < -0.3 is 10.6 Å². The molecule has 1 aliphatic carbocycles. The molecule has 4 heteroatoms. The first-order chi connectivity index (χ1) is 7.93. The Kier molecular flexibility index (Phi) is 3.17. The van der Waals surface area contributed by atoms with Gasteiger partial charge in [-0.25, -0.2) is 0 Å². The van der Waals surface area contributed by atoms with E-state index in [1.807, 2.05) is 0 Å². The molecule has 0 aromatic carbocycles. The second-order valence-electron chi connectivity index (χ2n) is 5.18. The van der Waals surface area contributed by atoms with E-state index in [1.165, 1.54) is 16.9 Å². The fourth-order valence-electron chi connectivity index (χ4n) is 2.52. The fourth-order valence-corrected chi connectivity index (χ4v) is 3.70. The van der Waals surface area contributed by atoms with Crippen LogP contribution in [0.2, 0.25) is 0 Å². The summed E-state index contributed by atoms with van der Waals surface area (Å²) >= 11 is 1.60. The molecule has 17 heavy (non-hydrogen) atoms. The molecule has 1 amide bonds. The van der Waals surface area contributed by atoms with Crippen molar-refractivity contribution < 1.29 is 4.79 Å². The number of hydrogen-bond acceptors (Lipinski definition) is 3. The van der Waals surface area contributed by atoms with Crippen molar-refractivity contribution in [3.8, 4) is 0 Å². The lowest BCUT2D eigenvalue weighted by atomic mass is 9.79. The van der Waals surface area contributed by atoms with E-state index in [9.17, 15) is 4.79 Å². The zero-order valence-electron chi connectivity index (χ0n) is 10.9. The number of hydrogen-bond donors (Lipinski definition) is 1. The Bertz CT molecular complexity index is 451. The van der Waals surface area contributed by atoms with Crippen LogP contribution in [-0.2, 0) is 6.42 Å². The number of nitrogens with two attached hydrogens (primary N) is 1. The molecule has 0 saturated carbocycles. The minimum absolute atomic E-state index is 0.0425. The summed E-state index contributed by atoms with van der Waals surface area (Å²) in [4.78, 5) is 15.1. The van der Waals surface area contributed by atoms with E-state index in [2.05, 4.69) is 13.8 Å². The van der Waals surface area contributed by atoms with Crippen LogP contribution in [0.3, 0.4) is 0 Å². The van der Waals surface area contributed by atoms with E-state index in [-0.39, 0.29) is 5.91 Å². The minimum Gasteiger partial charge on any atom is -0.390 e. The molecule has 3 nitrogen and oxygen atoms in total. The van der Waals surface area contributed by atoms with Crippen LogP contribution in [0.4, 0.5) is 5.00 Å². The molecule has 1 aliphatic rings. The average Bonchev–Trinajstić information content (AvgIpc) is 2.60. The highest BCUT2D eigenvalue weighted by molar-refractivity contribution is 7.16. The van der Waals surface area contributed by atoms with Gasteiger partial charge in [0.1, 0.15) is 0 Å². The molecule has 1 aromatic heterocycles. The molecule has 1 heterocycles. The molecule has 0 bridgehead atoms. The molecule has 2 atom stereocenters. The van der Waals surface area contributed by atoms with Crippen LogP contribution in [0, 0.1) is 5.92 Å². The Balaban J connectivity index is 2.54. The number of fused-ring (bicyclic) bond motifs is 1. The number of amides is 1. The predicted molar refractivity (Wildman–Crippen MR) is 72.6 cm³/mol. The highest BCUT2D eigenvalue weighted by atomic mass is 32.1. The lowest BCUT2D eigenvalue weighted by molar-refractivity contribution is 0.0827. The summed E-state index contributed by atoms with van der Waals surface area (Å²) in [5.41, 5.74) is 8.01. The Morgan fingerprint density at radius 2 is 2.06 bits per heavy atom. The van der Waals surface area contributed by atoms with Crippen LogP contribution in [0.25, 0.3) is 0 Å². The van der Waals surface area contributed by atoms with Crippen molar-refractivity contribution in [1.29, 1.82) is 0 Å². The number of aryl methyl sites for hydroxylation is 1. The lowest BCUT2D eigenvalue weighted by Gasteiger charge is -2.27. The summed E-state index contributed by atoms with van der Waals surface area (Å²) in [5, 5.41) is 0.689. The Morgan fingerprint density at radius 1 is 1.41 bits per heavy atom. The van der Waals surface area contributed by atoms with Crippen molar-refractivity contribution in [3.05, 3.63) is 16.0 Å². The monoisotopic (exact) mass is 252 g/mol. The quantitative estimate of drug-likeness (QED) is 0.835. The Labute approximate surface area is 107 Å². The Morgan fingerprint density at radius 3 is 2.65 bits per heavy atom. The molecule has 2 N–H and O–H groups in total. The fraction of sp³-hybridized carbons (Fsp3) is 0.615. The summed E-state index contributed by atoms with van der Waals surface area (Å²) in [5.74, 6) is 1.11. The highest BCUT2D eigenvalue weighted by Gasteiger charge is 2.32.